The number of benzene rings is 1. The molecular formula is C13H15NO4S. The average Bonchev–Trinajstić information content (AvgIpc) is 2.83. The summed E-state index contributed by atoms with van der Waals surface area (Å²) in [4.78, 5) is 0.269. The minimum Gasteiger partial charge on any atom is -0.489 e. The van der Waals surface area contributed by atoms with Gasteiger partial charge >= 0.3 is 0 Å². The summed E-state index contributed by atoms with van der Waals surface area (Å²) in [6.45, 7) is 0.653. The molecule has 0 fully saturated rings. The van der Waals surface area contributed by atoms with E-state index in [1.54, 1.807) is 24.5 Å². The van der Waals surface area contributed by atoms with Crippen molar-refractivity contribution in [2.24, 2.45) is 5.73 Å². The van der Waals surface area contributed by atoms with Crippen molar-refractivity contribution in [3.05, 3.63) is 47.9 Å². The van der Waals surface area contributed by atoms with Gasteiger partial charge < -0.3 is 14.9 Å². The molecule has 5 nitrogen and oxygen atoms in total. The quantitative estimate of drug-likeness (QED) is 0.902. The summed E-state index contributed by atoms with van der Waals surface area (Å²) in [5.41, 5.74) is 6.40. The van der Waals surface area contributed by atoms with E-state index in [-0.39, 0.29) is 4.90 Å². The van der Waals surface area contributed by atoms with E-state index in [4.69, 9.17) is 14.9 Å². The molecule has 0 aliphatic carbocycles. The van der Waals surface area contributed by atoms with Crippen molar-refractivity contribution in [1.82, 2.24) is 0 Å². The van der Waals surface area contributed by atoms with Crippen LogP contribution in [0, 0.1) is 0 Å². The second-order valence-corrected chi connectivity index (χ2v) is 6.12. The van der Waals surface area contributed by atoms with E-state index in [1.807, 2.05) is 0 Å². The second-order valence-electron chi connectivity index (χ2n) is 4.11. The van der Waals surface area contributed by atoms with Gasteiger partial charge in [-0.15, -0.1) is 0 Å². The van der Waals surface area contributed by atoms with Gasteiger partial charge in [0.05, 0.1) is 17.7 Å². The topological polar surface area (TPSA) is 82.5 Å². The van der Waals surface area contributed by atoms with Gasteiger partial charge in [-0.25, -0.2) is 8.42 Å². The highest BCUT2D eigenvalue weighted by molar-refractivity contribution is 7.90. The van der Waals surface area contributed by atoms with Crippen molar-refractivity contribution in [2.45, 2.75) is 18.0 Å². The van der Waals surface area contributed by atoms with Crippen LogP contribution in [0.3, 0.4) is 0 Å². The minimum absolute atomic E-state index is 0.269. The normalized spacial score (nSPS) is 11.5. The molecule has 19 heavy (non-hydrogen) atoms. The molecule has 2 aromatic rings. The molecule has 0 bridgehead atoms. The number of rotatable bonds is 5. The van der Waals surface area contributed by atoms with E-state index >= 15 is 0 Å². The van der Waals surface area contributed by atoms with Crippen molar-refractivity contribution >= 4 is 9.84 Å². The molecule has 0 aliphatic heterocycles. The largest absolute Gasteiger partial charge is 0.489 e. The number of sulfone groups is 1. The Kier molecular flexibility index (Phi) is 3.92. The number of nitrogens with two attached hydrogens (primary N) is 1. The van der Waals surface area contributed by atoms with Crippen LogP contribution in [0.1, 0.15) is 11.3 Å². The van der Waals surface area contributed by atoms with E-state index in [2.05, 4.69) is 0 Å². The van der Waals surface area contributed by atoms with Crippen molar-refractivity contribution in [3.63, 3.8) is 0 Å². The summed E-state index contributed by atoms with van der Waals surface area (Å²) in [5, 5.41) is 0. The van der Waals surface area contributed by atoms with Crippen LogP contribution in [0.4, 0.5) is 0 Å². The lowest BCUT2D eigenvalue weighted by molar-refractivity contribution is 0.302. The van der Waals surface area contributed by atoms with Crippen LogP contribution >= 0.6 is 0 Å². The highest BCUT2D eigenvalue weighted by atomic mass is 32.2. The third-order valence-electron chi connectivity index (χ3n) is 2.67. The van der Waals surface area contributed by atoms with Gasteiger partial charge in [0, 0.05) is 11.8 Å². The number of ether oxygens (including phenoxy) is 1. The van der Waals surface area contributed by atoms with Gasteiger partial charge in [0.15, 0.2) is 9.84 Å². The van der Waals surface area contributed by atoms with Gasteiger partial charge in [0.1, 0.15) is 18.1 Å². The molecule has 1 aromatic carbocycles. The fourth-order valence-electron chi connectivity index (χ4n) is 1.62. The van der Waals surface area contributed by atoms with E-state index in [0.29, 0.717) is 24.7 Å². The maximum atomic E-state index is 11.3. The smallest absolute Gasteiger partial charge is 0.175 e. The highest BCUT2D eigenvalue weighted by Crippen LogP contribution is 2.18. The lowest BCUT2D eigenvalue weighted by Crippen LogP contribution is -2.02. The van der Waals surface area contributed by atoms with Gasteiger partial charge in [-0.05, 0) is 30.3 Å². The van der Waals surface area contributed by atoms with Gasteiger partial charge in [-0.3, -0.25) is 0 Å². The zero-order valence-corrected chi connectivity index (χ0v) is 11.3. The van der Waals surface area contributed by atoms with Crippen molar-refractivity contribution in [2.75, 3.05) is 6.26 Å². The molecule has 6 heteroatoms. The molecule has 0 unspecified atom stereocenters. The van der Waals surface area contributed by atoms with Crippen molar-refractivity contribution < 1.29 is 17.6 Å². The summed E-state index contributed by atoms with van der Waals surface area (Å²) < 4.78 is 33.3. The maximum Gasteiger partial charge on any atom is 0.175 e. The Balaban J connectivity index is 2.05. The Morgan fingerprint density at radius 3 is 2.47 bits per heavy atom. The van der Waals surface area contributed by atoms with Crippen LogP contribution in [0.15, 0.2) is 45.9 Å². The monoisotopic (exact) mass is 281 g/mol. The van der Waals surface area contributed by atoms with E-state index in [0.717, 1.165) is 5.56 Å². The lowest BCUT2D eigenvalue weighted by atomic mass is 10.2. The number of furan rings is 1. The molecule has 0 amide bonds. The average molecular weight is 281 g/mol. The zero-order chi connectivity index (χ0) is 13.9. The zero-order valence-electron chi connectivity index (χ0n) is 10.5. The van der Waals surface area contributed by atoms with E-state index < -0.39 is 9.84 Å². The van der Waals surface area contributed by atoms with Crippen LogP contribution in [-0.4, -0.2) is 14.7 Å². The predicted octanol–water partition coefficient (Wildman–Crippen LogP) is 1.72. The Hall–Kier alpha value is -1.79. The summed E-state index contributed by atoms with van der Waals surface area (Å²) in [6, 6.07) is 8.08. The summed E-state index contributed by atoms with van der Waals surface area (Å²) >= 11 is 0. The van der Waals surface area contributed by atoms with E-state index in [1.165, 1.54) is 18.4 Å². The number of hydrogen-bond acceptors (Lipinski definition) is 5. The molecule has 1 aromatic heterocycles. The molecule has 0 saturated carbocycles. The summed E-state index contributed by atoms with van der Waals surface area (Å²) in [5.74, 6) is 1.28. The third-order valence-corrected chi connectivity index (χ3v) is 3.80. The minimum atomic E-state index is -3.18. The first-order valence-corrected chi connectivity index (χ1v) is 7.58. The summed E-state index contributed by atoms with van der Waals surface area (Å²) in [6.07, 6.45) is 2.73. The molecule has 0 aliphatic rings. The fraction of sp³-hybridized carbons (Fsp3) is 0.231. The maximum absolute atomic E-state index is 11.3. The third kappa shape index (κ3) is 3.36. The number of hydrogen-bond donors (Lipinski definition) is 1. The Bertz CT molecular complexity index is 644. The molecule has 0 radical (unpaired) electrons. The highest BCUT2D eigenvalue weighted by Gasteiger charge is 2.08. The Morgan fingerprint density at radius 1 is 1.21 bits per heavy atom. The first kappa shape index (κ1) is 13.6. The van der Waals surface area contributed by atoms with Crippen LogP contribution in [0.5, 0.6) is 5.75 Å². The SMILES string of the molecule is CS(=O)(=O)c1ccc(OCc2ccoc2CN)cc1. The van der Waals surface area contributed by atoms with Gasteiger partial charge in [0.2, 0.25) is 0 Å². The molecule has 0 saturated heterocycles. The van der Waals surface area contributed by atoms with Gasteiger partial charge in [-0.1, -0.05) is 0 Å². The van der Waals surface area contributed by atoms with Crippen LogP contribution < -0.4 is 10.5 Å². The first-order valence-electron chi connectivity index (χ1n) is 5.69. The van der Waals surface area contributed by atoms with E-state index in [9.17, 15) is 8.42 Å². The molecule has 2 N–H and O–H groups in total. The molecule has 2 rings (SSSR count). The predicted molar refractivity (Wildman–Crippen MR) is 70.5 cm³/mol. The van der Waals surface area contributed by atoms with Crippen LogP contribution in [0.2, 0.25) is 0 Å². The Morgan fingerprint density at radius 2 is 1.89 bits per heavy atom. The van der Waals surface area contributed by atoms with Crippen molar-refractivity contribution in [3.8, 4) is 5.75 Å². The molecule has 0 spiro atoms. The van der Waals surface area contributed by atoms with Gasteiger partial charge in [-0.2, -0.15) is 0 Å². The summed E-state index contributed by atoms with van der Waals surface area (Å²) in [7, 11) is -3.18. The Labute approximate surface area is 111 Å². The van der Waals surface area contributed by atoms with Crippen LogP contribution in [0.25, 0.3) is 0 Å². The molecular weight excluding hydrogens is 266 g/mol. The lowest BCUT2D eigenvalue weighted by Gasteiger charge is -2.06. The van der Waals surface area contributed by atoms with Crippen LogP contribution in [-0.2, 0) is 23.0 Å². The molecule has 1 heterocycles. The second kappa shape index (κ2) is 5.46. The molecule has 0 atom stereocenters. The molecule has 102 valence electrons. The van der Waals surface area contributed by atoms with Gasteiger partial charge in [0.25, 0.3) is 0 Å². The van der Waals surface area contributed by atoms with Crippen molar-refractivity contribution in [1.29, 1.82) is 0 Å². The fourth-order valence-corrected chi connectivity index (χ4v) is 2.25. The first-order chi connectivity index (χ1) is 9.00. The standard InChI is InChI=1S/C13H15NO4S/c1-19(15,16)12-4-2-11(3-5-12)18-9-10-6-7-17-13(10)8-14/h2-7H,8-9,14H2,1H3.